The normalized spacial score (nSPS) is 11.6. The first-order chi connectivity index (χ1) is 14.7. The van der Waals surface area contributed by atoms with Gasteiger partial charge in [0.05, 0.1) is 41.0 Å². The van der Waals surface area contributed by atoms with Crippen LogP contribution in [0.5, 0.6) is 5.88 Å². The zero-order valence-electron chi connectivity index (χ0n) is 16.4. The lowest BCUT2D eigenvalue weighted by Crippen LogP contribution is -2.13. The summed E-state index contributed by atoms with van der Waals surface area (Å²) >= 11 is 0. The van der Waals surface area contributed by atoms with Crippen LogP contribution in [-0.4, -0.2) is 25.8 Å². The first kappa shape index (κ1) is 20.4. The fourth-order valence-electron chi connectivity index (χ4n) is 3.31. The monoisotopic (exact) mass is 425 g/mol. The predicted molar refractivity (Wildman–Crippen MR) is 111 cm³/mol. The zero-order chi connectivity index (χ0) is 22.2. The van der Waals surface area contributed by atoms with E-state index in [9.17, 15) is 18.3 Å². The van der Waals surface area contributed by atoms with Crippen molar-refractivity contribution in [1.82, 2.24) is 15.0 Å². The van der Waals surface area contributed by atoms with Gasteiger partial charge in [-0.2, -0.15) is 13.2 Å². The molecule has 0 atom stereocenters. The first-order valence-corrected chi connectivity index (χ1v) is 9.35. The van der Waals surface area contributed by atoms with E-state index in [0.29, 0.717) is 22.3 Å². The second-order valence-corrected chi connectivity index (χ2v) is 7.03. The Kier molecular flexibility index (Phi) is 5.10. The molecule has 0 radical (unpaired) electrons. The van der Waals surface area contributed by atoms with Crippen LogP contribution in [0.2, 0.25) is 0 Å². The number of aryl methyl sites for hydroxylation is 1. The van der Waals surface area contributed by atoms with Crippen molar-refractivity contribution >= 4 is 22.3 Å². The van der Waals surface area contributed by atoms with Crippen molar-refractivity contribution in [2.45, 2.75) is 19.6 Å². The fraction of sp³-hybridized carbons (Fsp3) is 0.136. The Morgan fingerprint density at radius 3 is 2.61 bits per heavy atom. The Labute approximate surface area is 175 Å². The van der Waals surface area contributed by atoms with Crippen LogP contribution in [0.4, 0.5) is 18.9 Å². The molecule has 0 unspecified atom stereocenters. The minimum absolute atomic E-state index is 0.0352. The second-order valence-electron chi connectivity index (χ2n) is 7.03. The maximum absolute atomic E-state index is 13.8. The maximum Gasteiger partial charge on any atom is 0.418 e. The van der Waals surface area contributed by atoms with Crippen molar-refractivity contribution in [3.8, 4) is 5.88 Å². The number of halogens is 3. The third-order valence-electron chi connectivity index (χ3n) is 4.84. The largest absolute Gasteiger partial charge is 0.494 e. The number of para-hydroxylation sites is 1. The number of nitrogens with zero attached hydrogens (tertiary/aromatic N) is 2. The number of alkyl halides is 3. The van der Waals surface area contributed by atoms with E-state index in [1.54, 1.807) is 37.4 Å². The number of aromatic hydroxyl groups is 1. The molecule has 2 heterocycles. The summed E-state index contributed by atoms with van der Waals surface area (Å²) in [5, 5.41) is 22.0. The molecular formula is C22H18F3N5O. The molecule has 0 saturated carbocycles. The highest BCUT2D eigenvalue weighted by Crippen LogP contribution is 2.37. The smallest absolute Gasteiger partial charge is 0.418 e. The van der Waals surface area contributed by atoms with Crippen LogP contribution >= 0.6 is 0 Å². The molecule has 158 valence electrons. The molecule has 2 aromatic carbocycles. The number of aromatic nitrogens is 3. The molecule has 9 heteroatoms. The van der Waals surface area contributed by atoms with E-state index in [1.807, 2.05) is 0 Å². The van der Waals surface area contributed by atoms with Gasteiger partial charge in [0, 0.05) is 28.4 Å². The lowest BCUT2D eigenvalue weighted by molar-refractivity contribution is -0.137. The SMILES string of the molecule is Cc1cnc(CNc2ccc(C(=N)c3c(O)[nH]c4ccccc34)cc2C(F)(F)F)cn1. The standard InChI is InChI=1S/C22H18F3N5O/c1-12-9-28-14(10-27-12)11-29-18-7-6-13(8-16(18)22(23,24)25)20(26)19-15-4-2-3-5-17(15)30-21(19)31/h2-10,26,29-31H,11H2,1H3. The summed E-state index contributed by atoms with van der Waals surface area (Å²) in [4.78, 5) is 11.0. The molecule has 2 aromatic heterocycles. The highest BCUT2D eigenvalue weighted by atomic mass is 19.4. The lowest BCUT2D eigenvalue weighted by atomic mass is 9.98. The van der Waals surface area contributed by atoms with E-state index < -0.39 is 11.7 Å². The van der Waals surface area contributed by atoms with E-state index >= 15 is 0 Å². The number of anilines is 1. The van der Waals surface area contributed by atoms with E-state index in [2.05, 4.69) is 20.3 Å². The Bertz CT molecular complexity index is 1260. The third-order valence-corrected chi connectivity index (χ3v) is 4.84. The number of nitrogens with one attached hydrogen (secondary N) is 3. The van der Waals surface area contributed by atoms with E-state index in [1.165, 1.54) is 18.3 Å². The number of hydrogen-bond donors (Lipinski definition) is 4. The quantitative estimate of drug-likeness (QED) is 0.338. The number of fused-ring (bicyclic) bond motifs is 1. The van der Waals surface area contributed by atoms with Crippen molar-refractivity contribution in [3.63, 3.8) is 0 Å². The van der Waals surface area contributed by atoms with Gasteiger partial charge in [0.1, 0.15) is 0 Å². The fourth-order valence-corrected chi connectivity index (χ4v) is 3.31. The van der Waals surface area contributed by atoms with Gasteiger partial charge in [0.2, 0.25) is 0 Å². The Morgan fingerprint density at radius 2 is 1.90 bits per heavy atom. The highest BCUT2D eigenvalue weighted by Gasteiger charge is 2.34. The number of benzene rings is 2. The summed E-state index contributed by atoms with van der Waals surface area (Å²) in [6.45, 7) is 1.83. The molecular weight excluding hydrogens is 407 g/mol. The van der Waals surface area contributed by atoms with Crippen molar-refractivity contribution in [2.75, 3.05) is 5.32 Å². The summed E-state index contributed by atoms with van der Waals surface area (Å²) in [7, 11) is 0. The van der Waals surface area contributed by atoms with Crippen molar-refractivity contribution in [2.24, 2.45) is 0 Å². The number of hydrogen-bond acceptors (Lipinski definition) is 5. The van der Waals surface area contributed by atoms with Gasteiger partial charge >= 0.3 is 6.18 Å². The van der Waals surface area contributed by atoms with Crippen LogP contribution in [-0.2, 0) is 12.7 Å². The molecule has 4 aromatic rings. The van der Waals surface area contributed by atoms with E-state index in [0.717, 1.165) is 6.07 Å². The minimum atomic E-state index is -4.64. The van der Waals surface area contributed by atoms with Crippen molar-refractivity contribution < 1.29 is 18.3 Å². The number of rotatable bonds is 5. The summed E-state index contributed by atoms with van der Waals surface area (Å²) < 4.78 is 41.3. The molecule has 0 spiro atoms. The highest BCUT2D eigenvalue weighted by molar-refractivity contribution is 6.19. The molecule has 0 aliphatic rings. The average molecular weight is 425 g/mol. The van der Waals surface area contributed by atoms with Crippen molar-refractivity contribution in [3.05, 3.63) is 82.9 Å². The predicted octanol–water partition coefficient (Wildman–Crippen LogP) is 5.02. The van der Waals surface area contributed by atoms with Gasteiger partial charge in [0.15, 0.2) is 5.88 Å². The van der Waals surface area contributed by atoms with Gasteiger partial charge in [-0.1, -0.05) is 24.3 Å². The molecule has 4 rings (SSSR count). The van der Waals surface area contributed by atoms with Crippen LogP contribution in [0.3, 0.4) is 0 Å². The van der Waals surface area contributed by atoms with Gasteiger partial charge in [-0.15, -0.1) is 0 Å². The van der Waals surface area contributed by atoms with Gasteiger partial charge < -0.3 is 15.4 Å². The van der Waals surface area contributed by atoms with Crippen LogP contribution in [0, 0.1) is 12.3 Å². The van der Waals surface area contributed by atoms with Gasteiger partial charge in [0.25, 0.3) is 0 Å². The van der Waals surface area contributed by atoms with Gasteiger partial charge in [-0.3, -0.25) is 15.4 Å². The Morgan fingerprint density at radius 1 is 1.13 bits per heavy atom. The summed E-state index contributed by atoms with van der Waals surface area (Å²) in [6, 6.07) is 10.5. The summed E-state index contributed by atoms with van der Waals surface area (Å²) in [5.74, 6) is -0.264. The van der Waals surface area contributed by atoms with Crippen LogP contribution in [0.1, 0.15) is 28.1 Å². The van der Waals surface area contributed by atoms with Crippen molar-refractivity contribution in [1.29, 1.82) is 5.41 Å². The van der Waals surface area contributed by atoms with Crippen LogP contribution in [0.25, 0.3) is 10.9 Å². The molecule has 0 bridgehead atoms. The minimum Gasteiger partial charge on any atom is -0.494 e. The molecule has 0 aliphatic heterocycles. The third kappa shape index (κ3) is 4.07. The Balaban J connectivity index is 1.68. The summed E-state index contributed by atoms with van der Waals surface area (Å²) in [5.41, 5.74) is 0.739. The average Bonchev–Trinajstić information content (AvgIpc) is 3.07. The van der Waals surface area contributed by atoms with Gasteiger partial charge in [-0.05, 0) is 25.1 Å². The summed E-state index contributed by atoms with van der Waals surface area (Å²) in [6.07, 6.45) is -1.60. The number of aromatic amines is 1. The van der Waals surface area contributed by atoms with E-state index in [-0.39, 0.29) is 35.0 Å². The zero-order valence-corrected chi connectivity index (χ0v) is 16.4. The maximum atomic E-state index is 13.8. The van der Waals surface area contributed by atoms with Crippen LogP contribution < -0.4 is 5.32 Å². The molecule has 6 nitrogen and oxygen atoms in total. The molecule has 0 amide bonds. The molecule has 0 fully saturated rings. The van der Waals surface area contributed by atoms with Crippen LogP contribution in [0.15, 0.2) is 54.9 Å². The lowest BCUT2D eigenvalue weighted by Gasteiger charge is -2.16. The molecule has 0 aliphatic carbocycles. The van der Waals surface area contributed by atoms with E-state index in [4.69, 9.17) is 5.41 Å². The second kappa shape index (κ2) is 7.75. The molecule has 4 N–H and O–H groups in total. The topological polar surface area (TPSA) is 97.7 Å². The molecule has 0 saturated heterocycles. The Hall–Kier alpha value is -3.88. The van der Waals surface area contributed by atoms with Gasteiger partial charge in [-0.25, -0.2) is 0 Å². The molecule has 31 heavy (non-hydrogen) atoms. The first-order valence-electron chi connectivity index (χ1n) is 9.35. The number of H-pyrrole nitrogens is 1.